The second kappa shape index (κ2) is 3.22. The quantitative estimate of drug-likeness (QED) is 0.473. The molecule has 0 saturated carbocycles. The van der Waals surface area contributed by atoms with Crippen LogP contribution in [0.2, 0.25) is 0 Å². The lowest BCUT2D eigenvalue weighted by molar-refractivity contribution is -0.140. The van der Waals surface area contributed by atoms with Gasteiger partial charge in [-0.05, 0) is 0 Å². The monoisotopic (exact) mass is 210 g/mol. The van der Waals surface area contributed by atoms with Gasteiger partial charge in [0.25, 0.3) is 10.2 Å². The minimum absolute atomic E-state index is 0.119. The van der Waals surface area contributed by atoms with Crippen molar-refractivity contribution < 1.29 is 23.4 Å². The average molecular weight is 210 g/mol. The van der Waals surface area contributed by atoms with Crippen molar-refractivity contribution in [2.45, 2.75) is 18.6 Å². The standard InChI is InChI=1S/C5H10N2O5S/c6-13(11,12)7-2-3(8)1-4(7)5(9)10/h3-4,8H,1-2H2,(H,9,10)(H2,6,11,12)/t3-,4-/m1/s1. The molecule has 2 atom stereocenters. The summed E-state index contributed by atoms with van der Waals surface area (Å²) in [6.07, 6.45) is -1.08. The number of carboxylic acid groups (broad SMARTS) is 1. The molecule has 1 saturated heterocycles. The van der Waals surface area contributed by atoms with Gasteiger partial charge in [0, 0.05) is 13.0 Å². The predicted molar refractivity (Wildman–Crippen MR) is 41.9 cm³/mol. The van der Waals surface area contributed by atoms with E-state index in [-0.39, 0.29) is 13.0 Å². The van der Waals surface area contributed by atoms with Crippen LogP contribution in [0.1, 0.15) is 6.42 Å². The van der Waals surface area contributed by atoms with E-state index < -0.39 is 28.3 Å². The fraction of sp³-hybridized carbons (Fsp3) is 0.800. The second-order valence-corrected chi connectivity index (χ2v) is 4.36. The first-order chi connectivity index (χ1) is 5.82. The summed E-state index contributed by atoms with van der Waals surface area (Å²) < 4.78 is 22.2. The first-order valence-electron chi connectivity index (χ1n) is 3.53. The normalized spacial score (nSPS) is 30.6. The number of aliphatic carboxylic acids is 1. The maximum atomic E-state index is 10.8. The highest BCUT2D eigenvalue weighted by Crippen LogP contribution is 2.19. The lowest BCUT2D eigenvalue weighted by atomic mass is 10.2. The fourth-order valence-corrected chi connectivity index (χ4v) is 2.20. The Bertz CT molecular complexity index is 313. The predicted octanol–water partition coefficient (Wildman–Crippen LogP) is -2.29. The second-order valence-electron chi connectivity index (χ2n) is 2.86. The van der Waals surface area contributed by atoms with E-state index in [1.807, 2.05) is 0 Å². The third kappa shape index (κ3) is 2.15. The Morgan fingerprint density at radius 1 is 1.54 bits per heavy atom. The molecule has 0 aliphatic carbocycles. The minimum atomic E-state index is -4.04. The van der Waals surface area contributed by atoms with Gasteiger partial charge in [-0.15, -0.1) is 0 Å². The summed E-state index contributed by atoms with van der Waals surface area (Å²) in [6, 6.07) is -1.25. The molecule has 7 nitrogen and oxygen atoms in total. The molecule has 0 aromatic heterocycles. The van der Waals surface area contributed by atoms with Crippen molar-refractivity contribution in [2.75, 3.05) is 6.54 Å². The molecule has 0 bridgehead atoms. The molecule has 0 unspecified atom stereocenters. The number of aliphatic hydroxyl groups is 1. The number of carbonyl (C=O) groups is 1. The maximum absolute atomic E-state index is 10.8. The highest BCUT2D eigenvalue weighted by Gasteiger charge is 2.41. The molecule has 0 aromatic rings. The van der Waals surface area contributed by atoms with E-state index in [1.165, 1.54) is 0 Å². The van der Waals surface area contributed by atoms with Crippen LogP contribution in [-0.2, 0) is 15.0 Å². The van der Waals surface area contributed by atoms with E-state index in [9.17, 15) is 13.2 Å². The van der Waals surface area contributed by atoms with Crippen LogP contribution in [0, 0.1) is 0 Å². The largest absolute Gasteiger partial charge is 0.480 e. The smallest absolute Gasteiger partial charge is 0.322 e. The van der Waals surface area contributed by atoms with Crippen molar-refractivity contribution in [3.63, 3.8) is 0 Å². The van der Waals surface area contributed by atoms with Crippen LogP contribution < -0.4 is 5.14 Å². The summed E-state index contributed by atoms with van der Waals surface area (Å²) >= 11 is 0. The molecule has 8 heteroatoms. The van der Waals surface area contributed by atoms with Gasteiger partial charge in [-0.25, -0.2) is 5.14 Å². The van der Waals surface area contributed by atoms with Crippen LogP contribution in [0.3, 0.4) is 0 Å². The van der Waals surface area contributed by atoms with Gasteiger partial charge >= 0.3 is 5.97 Å². The van der Waals surface area contributed by atoms with E-state index in [2.05, 4.69) is 0 Å². The Morgan fingerprint density at radius 3 is 2.38 bits per heavy atom. The zero-order valence-corrected chi connectivity index (χ0v) is 7.44. The highest BCUT2D eigenvalue weighted by atomic mass is 32.2. The van der Waals surface area contributed by atoms with Crippen LogP contribution in [0.4, 0.5) is 0 Å². The Kier molecular flexibility index (Phi) is 2.57. The molecular formula is C5H10N2O5S. The van der Waals surface area contributed by atoms with Gasteiger partial charge in [0.05, 0.1) is 6.10 Å². The zero-order valence-electron chi connectivity index (χ0n) is 6.62. The van der Waals surface area contributed by atoms with Crippen molar-refractivity contribution in [3.8, 4) is 0 Å². The van der Waals surface area contributed by atoms with E-state index in [4.69, 9.17) is 15.4 Å². The van der Waals surface area contributed by atoms with Crippen molar-refractivity contribution in [3.05, 3.63) is 0 Å². The first kappa shape index (κ1) is 10.4. The topological polar surface area (TPSA) is 121 Å². The lowest BCUT2D eigenvalue weighted by Gasteiger charge is -2.16. The van der Waals surface area contributed by atoms with Crippen molar-refractivity contribution in [1.29, 1.82) is 0 Å². The molecule has 1 aliphatic heterocycles. The molecule has 76 valence electrons. The highest BCUT2D eigenvalue weighted by molar-refractivity contribution is 7.86. The van der Waals surface area contributed by atoms with Gasteiger partial charge < -0.3 is 10.2 Å². The van der Waals surface area contributed by atoms with Crippen LogP contribution in [0.15, 0.2) is 0 Å². The van der Waals surface area contributed by atoms with Gasteiger partial charge in [0.1, 0.15) is 6.04 Å². The van der Waals surface area contributed by atoms with Gasteiger partial charge in [-0.2, -0.15) is 12.7 Å². The van der Waals surface area contributed by atoms with Crippen LogP contribution in [0.5, 0.6) is 0 Å². The molecule has 0 radical (unpaired) electrons. The SMILES string of the molecule is NS(=O)(=O)N1C[C@H](O)C[C@@H]1C(=O)O. The number of rotatable bonds is 2. The van der Waals surface area contributed by atoms with Crippen LogP contribution in [0.25, 0.3) is 0 Å². The van der Waals surface area contributed by atoms with E-state index >= 15 is 0 Å². The number of aliphatic hydroxyl groups excluding tert-OH is 1. The fourth-order valence-electron chi connectivity index (χ4n) is 1.29. The number of nitrogens with zero attached hydrogens (tertiary/aromatic N) is 1. The molecule has 0 aromatic carbocycles. The van der Waals surface area contributed by atoms with E-state index in [1.54, 1.807) is 0 Å². The molecular weight excluding hydrogens is 200 g/mol. The van der Waals surface area contributed by atoms with Crippen molar-refractivity contribution in [1.82, 2.24) is 4.31 Å². The maximum Gasteiger partial charge on any atom is 0.322 e. The summed E-state index contributed by atoms with van der Waals surface area (Å²) in [5.74, 6) is -1.30. The Morgan fingerprint density at radius 2 is 2.08 bits per heavy atom. The van der Waals surface area contributed by atoms with E-state index in [0.29, 0.717) is 4.31 Å². The molecule has 0 amide bonds. The Hall–Kier alpha value is -0.700. The molecule has 1 aliphatic rings. The number of nitrogens with two attached hydrogens (primary N) is 1. The van der Waals surface area contributed by atoms with Gasteiger partial charge in [0.15, 0.2) is 0 Å². The van der Waals surface area contributed by atoms with Crippen molar-refractivity contribution >= 4 is 16.2 Å². The molecule has 0 spiro atoms. The van der Waals surface area contributed by atoms with Gasteiger partial charge in [0.2, 0.25) is 0 Å². The number of hydrogen-bond acceptors (Lipinski definition) is 4. The Labute approximate surface area is 74.9 Å². The first-order valence-corrected chi connectivity index (χ1v) is 5.03. The van der Waals surface area contributed by atoms with Crippen LogP contribution >= 0.6 is 0 Å². The third-order valence-electron chi connectivity index (χ3n) is 1.85. The molecule has 13 heavy (non-hydrogen) atoms. The molecule has 1 rings (SSSR count). The Balaban J connectivity index is 2.91. The van der Waals surface area contributed by atoms with Gasteiger partial charge in [-0.1, -0.05) is 0 Å². The summed E-state index contributed by atoms with van der Waals surface area (Å²) in [5.41, 5.74) is 0. The van der Waals surface area contributed by atoms with Crippen LogP contribution in [-0.4, -0.2) is 47.6 Å². The molecule has 1 heterocycles. The molecule has 1 fully saturated rings. The lowest BCUT2D eigenvalue weighted by Crippen LogP contribution is -2.44. The summed E-state index contributed by atoms with van der Waals surface area (Å²) in [4.78, 5) is 10.5. The summed E-state index contributed by atoms with van der Waals surface area (Å²) in [6.45, 7) is -0.254. The number of β-amino-alcohol motifs (C(OH)–C–C–N with tert-alkyl or cyclic N) is 1. The van der Waals surface area contributed by atoms with E-state index in [0.717, 1.165) is 0 Å². The van der Waals surface area contributed by atoms with Gasteiger partial charge in [-0.3, -0.25) is 4.79 Å². The van der Waals surface area contributed by atoms with Crippen molar-refractivity contribution in [2.24, 2.45) is 5.14 Å². The number of carboxylic acids is 1. The minimum Gasteiger partial charge on any atom is -0.480 e. The summed E-state index contributed by atoms with van der Waals surface area (Å²) in [5, 5.41) is 22.4. The summed E-state index contributed by atoms with van der Waals surface area (Å²) in [7, 11) is -4.04. The molecule has 4 N–H and O–H groups in total. The number of hydrogen-bond donors (Lipinski definition) is 3. The average Bonchev–Trinajstić information content (AvgIpc) is 2.29. The third-order valence-corrected chi connectivity index (χ3v) is 2.90. The zero-order chi connectivity index (χ0) is 10.2.